The first kappa shape index (κ1) is 19.5. The molecule has 0 heterocycles. The van der Waals surface area contributed by atoms with E-state index in [0.29, 0.717) is 25.3 Å². The lowest BCUT2D eigenvalue weighted by molar-refractivity contribution is 0.0444. The second kappa shape index (κ2) is 11.3. The van der Waals surface area contributed by atoms with Crippen LogP contribution in [0.1, 0.15) is 15.9 Å². The van der Waals surface area contributed by atoms with E-state index in [1.807, 2.05) is 12.1 Å². The topological polar surface area (TPSA) is 76.4 Å². The number of hydrogen-bond acceptors (Lipinski definition) is 4. The van der Waals surface area contributed by atoms with Crippen LogP contribution >= 0.6 is 24.8 Å². The predicted molar refractivity (Wildman–Crippen MR) is 76.2 cm³/mol. The number of nitrogens with one attached hydrogen (secondary N) is 2. The van der Waals surface area contributed by atoms with Gasteiger partial charge in [-0.3, -0.25) is 9.63 Å². The summed E-state index contributed by atoms with van der Waals surface area (Å²) in [6.07, 6.45) is 0. The highest BCUT2D eigenvalue weighted by atomic mass is 35.5. The van der Waals surface area contributed by atoms with Gasteiger partial charge in [-0.05, 0) is 17.7 Å². The molecule has 0 saturated heterocycles. The van der Waals surface area contributed by atoms with E-state index < -0.39 is 0 Å². The fourth-order valence-corrected chi connectivity index (χ4v) is 1.20. The van der Waals surface area contributed by atoms with Crippen molar-refractivity contribution in [2.75, 3.05) is 20.1 Å². The standard InChI is InChI=1S/C11H17N3O2.2ClH/c1-13-16-8-9-2-4-10(5-3-9)11(15)14-7-6-12;;/h2-5,13H,6-8,12H2,1H3,(H,14,15);2*1H. The van der Waals surface area contributed by atoms with Crippen LogP contribution in [-0.4, -0.2) is 26.0 Å². The molecule has 1 rings (SSSR count). The summed E-state index contributed by atoms with van der Waals surface area (Å²) in [7, 11) is 1.70. The summed E-state index contributed by atoms with van der Waals surface area (Å²) in [4.78, 5) is 16.5. The summed E-state index contributed by atoms with van der Waals surface area (Å²) >= 11 is 0. The summed E-state index contributed by atoms with van der Waals surface area (Å²) in [6, 6.07) is 7.24. The fraction of sp³-hybridized carbons (Fsp3) is 0.364. The molecule has 104 valence electrons. The molecule has 1 amide bonds. The zero-order chi connectivity index (χ0) is 11.8. The molecular formula is C11H19Cl2N3O2. The van der Waals surface area contributed by atoms with Gasteiger partial charge in [-0.1, -0.05) is 12.1 Å². The number of carbonyl (C=O) groups is 1. The van der Waals surface area contributed by atoms with Gasteiger partial charge in [0.2, 0.25) is 0 Å². The minimum Gasteiger partial charge on any atom is -0.351 e. The van der Waals surface area contributed by atoms with Crippen LogP contribution in [0.15, 0.2) is 24.3 Å². The van der Waals surface area contributed by atoms with Crippen LogP contribution in [0.2, 0.25) is 0 Å². The Morgan fingerprint density at radius 2 is 1.89 bits per heavy atom. The van der Waals surface area contributed by atoms with Crippen molar-refractivity contribution in [3.8, 4) is 0 Å². The second-order valence-corrected chi connectivity index (χ2v) is 3.23. The highest BCUT2D eigenvalue weighted by Gasteiger charge is 2.03. The van der Waals surface area contributed by atoms with Gasteiger partial charge in [0.05, 0.1) is 6.61 Å². The highest BCUT2D eigenvalue weighted by molar-refractivity contribution is 5.94. The summed E-state index contributed by atoms with van der Waals surface area (Å²) in [5.41, 5.74) is 9.51. The summed E-state index contributed by atoms with van der Waals surface area (Å²) < 4.78 is 0. The molecule has 0 aliphatic rings. The number of carbonyl (C=O) groups excluding carboxylic acids is 1. The molecule has 4 N–H and O–H groups in total. The molecule has 0 atom stereocenters. The predicted octanol–water partition coefficient (Wildman–Crippen LogP) is 0.870. The van der Waals surface area contributed by atoms with E-state index in [0.717, 1.165) is 5.56 Å². The van der Waals surface area contributed by atoms with Crippen molar-refractivity contribution in [3.05, 3.63) is 35.4 Å². The minimum atomic E-state index is -0.105. The molecule has 1 aromatic rings. The lowest BCUT2D eigenvalue weighted by Crippen LogP contribution is -2.28. The van der Waals surface area contributed by atoms with E-state index in [2.05, 4.69) is 10.8 Å². The van der Waals surface area contributed by atoms with E-state index >= 15 is 0 Å². The molecular weight excluding hydrogens is 277 g/mol. The van der Waals surface area contributed by atoms with Gasteiger partial charge in [0.1, 0.15) is 0 Å². The van der Waals surface area contributed by atoms with E-state index in [1.54, 1.807) is 19.2 Å². The summed E-state index contributed by atoms with van der Waals surface area (Å²) in [5, 5.41) is 2.70. The van der Waals surface area contributed by atoms with Gasteiger partial charge in [-0.15, -0.1) is 24.8 Å². The van der Waals surface area contributed by atoms with Crippen LogP contribution < -0.4 is 16.5 Å². The van der Waals surface area contributed by atoms with Gasteiger partial charge in [0, 0.05) is 25.7 Å². The summed E-state index contributed by atoms with van der Waals surface area (Å²) in [5.74, 6) is -0.105. The maximum Gasteiger partial charge on any atom is 0.251 e. The molecule has 0 fully saturated rings. The largest absolute Gasteiger partial charge is 0.351 e. The van der Waals surface area contributed by atoms with E-state index in [4.69, 9.17) is 10.6 Å². The normalized spacial score (nSPS) is 9.00. The first-order valence-corrected chi connectivity index (χ1v) is 5.13. The van der Waals surface area contributed by atoms with Crippen molar-refractivity contribution >= 4 is 30.7 Å². The van der Waals surface area contributed by atoms with Crippen LogP contribution in [0, 0.1) is 0 Å². The lowest BCUT2D eigenvalue weighted by atomic mass is 10.1. The average Bonchev–Trinajstić information content (AvgIpc) is 2.34. The molecule has 7 heteroatoms. The Balaban J connectivity index is 0. The van der Waals surface area contributed by atoms with Gasteiger partial charge in [0.15, 0.2) is 0 Å². The Kier molecular flexibility index (Phi) is 12.2. The molecule has 0 aliphatic carbocycles. The van der Waals surface area contributed by atoms with Crippen molar-refractivity contribution in [2.45, 2.75) is 6.61 Å². The third-order valence-electron chi connectivity index (χ3n) is 2.03. The number of hydrogen-bond donors (Lipinski definition) is 3. The van der Waals surface area contributed by atoms with E-state index in [-0.39, 0.29) is 30.7 Å². The van der Waals surface area contributed by atoms with Crippen LogP contribution in [0.5, 0.6) is 0 Å². The van der Waals surface area contributed by atoms with Gasteiger partial charge in [-0.2, -0.15) is 0 Å². The molecule has 0 aromatic heterocycles. The first-order valence-electron chi connectivity index (χ1n) is 5.13. The number of hydroxylamine groups is 1. The van der Waals surface area contributed by atoms with Gasteiger partial charge < -0.3 is 11.1 Å². The average molecular weight is 296 g/mol. The molecule has 0 bridgehead atoms. The minimum absolute atomic E-state index is 0. The number of benzene rings is 1. The fourth-order valence-electron chi connectivity index (χ4n) is 1.20. The number of rotatable bonds is 6. The van der Waals surface area contributed by atoms with Crippen molar-refractivity contribution < 1.29 is 9.63 Å². The van der Waals surface area contributed by atoms with Gasteiger partial charge >= 0.3 is 0 Å². The van der Waals surface area contributed by atoms with Crippen molar-refractivity contribution in [3.63, 3.8) is 0 Å². The smallest absolute Gasteiger partial charge is 0.251 e. The maximum atomic E-state index is 11.5. The van der Waals surface area contributed by atoms with Gasteiger partial charge in [-0.25, -0.2) is 5.48 Å². The Morgan fingerprint density at radius 3 is 2.39 bits per heavy atom. The Hall–Kier alpha value is -0.850. The van der Waals surface area contributed by atoms with E-state index in [9.17, 15) is 4.79 Å². The molecule has 18 heavy (non-hydrogen) atoms. The molecule has 0 radical (unpaired) electrons. The van der Waals surface area contributed by atoms with Crippen LogP contribution in [0.4, 0.5) is 0 Å². The van der Waals surface area contributed by atoms with Crippen LogP contribution in [0.25, 0.3) is 0 Å². The van der Waals surface area contributed by atoms with Crippen molar-refractivity contribution in [1.29, 1.82) is 0 Å². The highest BCUT2D eigenvalue weighted by Crippen LogP contribution is 2.05. The molecule has 0 saturated carbocycles. The number of amides is 1. The zero-order valence-electron chi connectivity index (χ0n) is 10.1. The molecule has 1 aromatic carbocycles. The number of nitrogens with two attached hydrogens (primary N) is 1. The van der Waals surface area contributed by atoms with E-state index in [1.165, 1.54) is 0 Å². The van der Waals surface area contributed by atoms with Crippen LogP contribution in [-0.2, 0) is 11.4 Å². The summed E-state index contributed by atoms with van der Waals surface area (Å²) in [6.45, 7) is 1.41. The molecule has 0 aliphatic heterocycles. The first-order chi connectivity index (χ1) is 7.77. The lowest BCUT2D eigenvalue weighted by Gasteiger charge is -2.05. The maximum absolute atomic E-state index is 11.5. The third-order valence-corrected chi connectivity index (χ3v) is 2.03. The molecule has 0 spiro atoms. The number of halogens is 2. The van der Waals surface area contributed by atoms with Crippen LogP contribution in [0.3, 0.4) is 0 Å². The second-order valence-electron chi connectivity index (χ2n) is 3.23. The molecule has 0 unspecified atom stereocenters. The van der Waals surface area contributed by atoms with Crippen molar-refractivity contribution in [2.24, 2.45) is 5.73 Å². The third kappa shape index (κ3) is 6.78. The zero-order valence-corrected chi connectivity index (χ0v) is 11.8. The Bertz CT molecular complexity index is 334. The van der Waals surface area contributed by atoms with Crippen molar-refractivity contribution in [1.82, 2.24) is 10.8 Å². The SMILES string of the molecule is CNOCc1ccc(C(=O)NCCN)cc1.Cl.Cl. The monoisotopic (exact) mass is 295 g/mol. The quantitative estimate of drug-likeness (QED) is 0.681. The Labute approximate surface area is 119 Å². The molecule has 5 nitrogen and oxygen atoms in total. The van der Waals surface area contributed by atoms with Gasteiger partial charge in [0.25, 0.3) is 5.91 Å². The Morgan fingerprint density at radius 1 is 1.28 bits per heavy atom.